The summed E-state index contributed by atoms with van der Waals surface area (Å²) in [5.74, 6) is -5.45. The molecule has 0 unspecified atom stereocenters. The summed E-state index contributed by atoms with van der Waals surface area (Å²) < 4.78 is 16.5. The summed E-state index contributed by atoms with van der Waals surface area (Å²) in [6, 6.07) is 35.3. The normalized spacial score (nSPS) is 10.6. The van der Waals surface area contributed by atoms with E-state index in [9.17, 15) is 33.9 Å². The third kappa shape index (κ3) is 11.8. The third-order valence-corrected chi connectivity index (χ3v) is 8.88. The van der Waals surface area contributed by atoms with Gasteiger partial charge in [-0.25, -0.2) is 19.2 Å². The molecule has 16 heteroatoms. The molecule has 0 atom stereocenters. The lowest BCUT2D eigenvalue weighted by atomic mass is 9.94. The fourth-order valence-corrected chi connectivity index (χ4v) is 5.57. The maximum absolute atomic E-state index is 13.1. The van der Waals surface area contributed by atoms with Crippen LogP contribution in [0.25, 0.3) is 10.8 Å². The van der Waals surface area contributed by atoms with Crippen LogP contribution in [-0.2, 0) is 23.8 Å². The van der Waals surface area contributed by atoms with Crippen molar-refractivity contribution in [3.8, 4) is 5.75 Å². The van der Waals surface area contributed by atoms with Crippen molar-refractivity contribution in [2.45, 2.75) is 6.92 Å². The molecule has 0 heterocycles. The van der Waals surface area contributed by atoms with Gasteiger partial charge in [-0.2, -0.15) is 0 Å². The number of nitrogen functional groups attached to an aromatic ring is 3. The molecule has 0 aliphatic heterocycles. The number of aromatic hydroxyl groups is 1. The maximum atomic E-state index is 13.1. The maximum Gasteiger partial charge on any atom is 0.340 e. The van der Waals surface area contributed by atoms with Crippen LogP contribution in [0.4, 0.5) is 28.4 Å². The Balaban J connectivity index is 0.000000421. The SMILES string of the molecule is CC(COC(=O)c1ccccc1N)(COC(=O)c1ccccc1N)COC(=O)c1ccc(NC(=O)C(=O)Nc2ccccc2)cc1N.O=C(O)c1cc2ccccc2cc1O. The molecule has 0 bridgehead atoms. The molecule has 0 aliphatic carbocycles. The second-order valence-electron chi connectivity index (χ2n) is 13.8. The summed E-state index contributed by atoms with van der Waals surface area (Å²) in [7, 11) is 0. The number of phenols is 1. The number of nitrogens with one attached hydrogen (secondary N) is 2. The Bertz CT molecular complexity index is 2540. The van der Waals surface area contributed by atoms with Crippen LogP contribution in [0.1, 0.15) is 48.4 Å². The minimum atomic E-state index is -1.22. The number of carbonyl (C=O) groups excluding carboxylic acids is 5. The highest BCUT2D eigenvalue weighted by atomic mass is 16.6. The Morgan fingerprint density at radius 3 is 1.41 bits per heavy atom. The quantitative estimate of drug-likeness (QED) is 0.0317. The smallest absolute Gasteiger partial charge is 0.340 e. The molecule has 0 fully saturated rings. The van der Waals surface area contributed by atoms with E-state index in [1.807, 2.05) is 18.2 Å². The summed E-state index contributed by atoms with van der Waals surface area (Å²) in [5.41, 5.74) is 17.8. The Kier molecular flexibility index (Phi) is 14.2. The minimum Gasteiger partial charge on any atom is -0.507 e. The van der Waals surface area contributed by atoms with Crippen molar-refractivity contribution in [2.24, 2.45) is 5.41 Å². The lowest BCUT2D eigenvalue weighted by Gasteiger charge is -2.28. The summed E-state index contributed by atoms with van der Waals surface area (Å²) in [5, 5.41) is 24.7. The first-order valence-corrected chi connectivity index (χ1v) is 18.4. The second kappa shape index (κ2) is 19.8. The van der Waals surface area contributed by atoms with Crippen LogP contribution in [0, 0.1) is 5.41 Å². The number of benzene rings is 6. The van der Waals surface area contributed by atoms with Crippen LogP contribution in [0.15, 0.2) is 133 Å². The predicted octanol–water partition coefficient (Wildman–Crippen LogP) is 6.13. The van der Waals surface area contributed by atoms with E-state index in [2.05, 4.69) is 10.6 Å². The molecule has 2 amide bonds. The number of aromatic carboxylic acids is 1. The molecule has 16 nitrogen and oxygen atoms in total. The Morgan fingerprint density at radius 1 is 0.508 bits per heavy atom. The highest BCUT2D eigenvalue weighted by Gasteiger charge is 2.32. The molecule has 0 aromatic heterocycles. The van der Waals surface area contributed by atoms with Gasteiger partial charge in [0.2, 0.25) is 0 Å². The van der Waals surface area contributed by atoms with Crippen molar-refractivity contribution >= 4 is 74.9 Å². The molecule has 0 aliphatic rings. The van der Waals surface area contributed by atoms with E-state index < -0.39 is 41.1 Å². The van der Waals surface area contributed by atoms with Crippen molar-refractivity contribution in [1.29, 1.82) is 0 Å². The standard InChI is InChI=1S/C34H33N5O8.C11H8O3/c1-34(18-45-31(42)23-11-5-7-13-26(23)35,19-46-32(43)24-12-6-8-14-27(24)36)20-47-33(44)25-16-15-22(17-28(25)37)39-30(41)29(40)38-21-9-3-2-4-10-21;12-10-6-8-4-2-1-3-7(8)5-9(10)11(13)14/h2-17H,18-20,35-37H2,1H3,(H,38,40)(H,39,41);1-6,12H,(H,13,14). The summed E-state index contributed by atoms with van der Waals surface area (Å²) in [6.45, 7) is 0.581. The first kappa shape index (κ1) is 43.7. The van der Waals surface area contributed by atoms with Crippen LogP contribution >= 0.6 is 0 Å². The van der Waals surface area contributed by atoms with Gasteiger partial charge in [-0.3, -0.25) is 9.59 Å². The molecular weight excluding hydrogens is 787 g/mol. The summed E-state index contributed by atoms with van der Waals surface area (Å²) in [4.78, 5) is 73.9. The van der Waals surface area contributed by atoms with Crippen molar-refractivity contribution in [3.63, 3.8) is 0 Å². The van der Waals surface area contributed by atoms with Crippen molar-refractivity contribution in [2.75, 3.05) is 47.7 Å². The van der Waals surface area contributed by atoms with Crippen LogP contribution in [-0.4, -0.2) is 65.7 Å². The van der Waals surface area contributed by atoms with Gasteiger partial charge in [0.1, 0.15) is 31.1 Å². The van der Waals surface area contributed by atoms with Gasteiger partial charge >= 0.3 is 35.7 Å². The molecule has 0 radical (unpaired) electrons. The molecule has 0 saturated heterocycles. The highest BCUT2D eigenvalue weighted by Crippen LogP contribution is 2.26. The molecule has 0 spiro atoms. The molecule has 10 N–H and O–H groups in total. The zero-order valence-electron chi connectivity index (χ0n) is 32.6. The average Bonchev–Trinajstić information content (AvgIpc) is 3.24. The molecular formula is C45H41N5O11. The van der Waals surface area contributed by atoms with Gasteiger partial charge < -0.3 is 52.3 Å². The van der Waals surface area contributed by atoms with Gasteiger partial charge in [0.25, 0.3) is 0 Å². The Morgan fingerprint density at radius 2 is 0.934 bits per heavy atom. The van der Waals surface area contributed by atoms with Gasteiger partial charge in [-0.1, -0.05) is 66.7 Å². The number of para-hydroxylation sites is 3. The predicted molar refractivity (Wildman–Crippen MR) is 228 cm³/mol. The molecule has 0 saturated carbocycles. The van der Waals surface area contributed by atoms with Crippen LogP contribution in [0.5, 0.6) is 5.75 Å². The van der Waals surface area contributed by atoms with Crippen LogP contribution in [0.3, 0.4) is 0 Å². The number of carbonyl (C=O) groups is 6. The van der Waals surface area contributed by atoms with E-state index in [0.717, 1.165) is 10.8 Å². The monoisotopic (exact) mass is 827 g/mol. The fraction of sp³-hybridized carbons (Fsp3) is 0.111. The summed E-state index contributed by atoms with van der Waals surface area (Å²) in [6.07, 6.45) is 0. The number of fused-ring (bicyclic) bond motifs is 1. The van der Waals surface area contributed by atoms with Crippen LogP contribution in [0.2, 0.25) is 0 Å². The van der Waals surface area contributed by atoms with Gasteiger partial charge in [0, 0.05) is 28.4 Å². The molecule has 312 valence electrons. The minimum absolute atomic E-state index is 0.0396. The number of carboxylic acids is 1. The van der Waals surface area contributed by atoms with E-state index in [4.69, 9.17) is 36.5 Å². The van der Waals surface area contributed by atoms with E-state index in [0.29, 0.717) is 5.69 Å². The zero-order chi connectivity index (χ0) is 44.1. The molecule has 61 heavy (non-hydrogen) atoms. The molecule has 6 rings (SSSR count). The third-order valence-electron chi connectivity index (χ3n) is 8.88. The van der Waals surface area contributed by atoms with E-state index in [-0.39, 0.29) is 70.6 Å². The number of hydrogen-bond acceptors (Lipinski definition) is 13. The number of esters is 3. The highest BCUT2D eigenvalue weighted by molar-refractivity contribution is 6.43. The average molecular weight is 828 g/mol. The van der Waals surface area contributed by atoms with E-state index >= 15 is 0 Å². The largest absolute Gasteiger partial charge is 0.507 e. The number of amides is 2. The number of ether oxygens (including phenoxy) is 3. The molecule has 6 aromatic rings. The van der Waals surface area contributed by atoms with Crippen molar-refractivity contribution in [3.05, 3.63) is 156 Å². The lowest BCUT2D eigenvalue weighted by molar-refractivity contribution is -0.132. The number of carboxylic acid groups (broad SMARTS) is 1. The number of anilines is 5. The first-order valence-electron chi connectivity index (χ1n) is 18.4. The second-order valence-corrected chi connectivity index (χ2v) is 13.8. The number of nitrogens with two attached hydrogens (primary N) is 3. The number of rotatable bonds is 12. The van der Waals surface area contributed by atoms with Crippen molar-refractivity contribution in [1.82, 2.24) is 0 Å². The van der Waals surface area contributed by atoms with Gasteiger partial charge in [0.15, 0.2) is 0 Å². The van der Waals surface area contributed by atoms with Gasteiger partial charge in [-0.05, 0) is 84.4 Å². The van der Waals surface area contributed by atoms with E-state index in [1.54, 1.807) is 79.7 Å². The van der Waals surface area contributed by atoms with E-state index in [1.165, 1.54) is 42.5 Å². The van der Waals surface area contributed by atoms with Gasteiger partial charge in [0.05, 0.1) is 22.1 Å². The van der Waals surface area contributed by atoms with Crippen LogP contribution < -0.4 is 27.8 Å². The molecule has 6 aromatic carbocycles. The Labute approximate surface area is 348 Å². The lowest BCUT2D eigenvalue weighted by Crippen LogP contribution is -2.37. The zero-order valence-corrected chi connectivity index (χ0v) is 32.6. The Hall–Kier alpha value is -8.40. The fourth-order valence-electron chi connectivity index (χ4n) is 5.57. The first-order chi connectivity index (χ1) is 29.1. The van der Waals surface area contributed by atoms with Crippen molar-refractivity contribution < 1.29 is 53.2 Å². The number of hydrogen-bond donors (Lipinski definition) is 7. The summed E-state index contributed by atoms with van der Waals surface area (Å²) >= 11 is 0. The topological polar surface area (TPSA) is 273 Å². The van der Waals surface area contributed by atoms with Gasteiger partial charge in [-0.15, -0.1) is 0 Å².